The monoisotopic (exact) mass is 368 g/mol. The molecule has 1 atom stereocenters. The number of pyridine rings is 1. The number of nitrogens with zero attached hydrogens (tertiary/aromatic N) is 3. The molecule has 5 nitrogen and oxygen atoms in total. The van der Waals surface area contributed by atoms with Crippen LogP contribution in [-0.4, -0.2) is 26.6 Å². The first-order chi connectivity index (χ1) is 12.5. The smallest absolute Gasteiger partial charge is 0.161 e. The van der Waals surface area contributed by atoms with Gasteiger partial charge in [0.2, 0.25) is 0 Å². The van der Waals surface area contributed by atoms with Crippen LogP contribution in [0.5, 0.6) is 0 Å². The maximum Gasteiger partial charge on any atom is 0.161 e. The first-order valence-electron chi connectivity index (χ1n) is 8.48. The Morgan fingerprint density at radius 1 is 1.12 bits per heavy atom. The molecule has 0 amide bonds. The van der Waals surface area contributed by atoms with Crippen molar-refractivity contribution < 1.29 is 5.11 Å². The van der Waals surface area contributed by atoms with E-state index < -0.39 is 5.60 Å². The van der Waals surface area contributed by atoms with Crippen LogP contribution in [0, 0.1) is 0 Å². The van der Waals surface area contributed by atoms with Gasteiger partial charge in [-0.15, -0.1) is 0 Å². The third-order valence-electron chi connectivity index (χ3n) is 4.14. The molecule has 3 rings (SSSR count). The summed E-state index contributed by atoms with van der Waals surface area (Å²) in [4.78, 5) is 13.2. The number of halogens is 1. The average Bonchev–Trinajstić information content (AvgIpc) is 2.67. The van der Waals surface area contributed by atoms with Crippen molar-refractivity contribution in [2.45, 2.75) is 25.9 Å². The maximum absolute atomic E-state index is 10.8. The summed E-state index contributed by atoms with van der Waals surface area (Å²) in [5, 5.41) is 14.6. The number of rotatable bonds is 6. The van der Waals surface area contributed by atoms with E-state index in [0.29, 0.717) is 23.2 Å². The van der Waals surface area contributed by atoms with Crippen molar-refractivity contribution in [1.82, 2.24) is 15.0 Å². The Hall–Kier alpha value is -2.50. The highest BCUT2D eigenvalue weighted by Crippen LogP contribution is 2.24. The Morgan fingerprint density at radius 2 is 1.88 bits per heavy atom. The lowest BCUT2D eigenvalue weighted by Gasteiger charge is -2.25. The Bertz CT molecular complexity index is 884. The second-order valence-electron chi connectivity index (χ2n) is 6.30. The number of benzene rings is 1. The van der Waals surface area contributed by atoms with Gasteiger partial charge < -0.3 is 10.4 Å². The summed E-state index contributed by atoms with van der Waals surface area (Å²) in [5.41, 5.74) is 1.49. The summed E-state index contributed by atoms with van der Waals surface area (Å²) >= 11 is 6.04. The molecule has 6 heteroatoms. The van der Waals surface area contributed by atoms with Crippen LogP contribution in [0.25, 0.3) is 11.4 Å². The maximum atomic E-state index is 10.8. The number of aryl methyl sites for hydroxylation is 1. The van der Waals surface area contributed by atoms with Crippen LogP contribution in [-0.2, 0) is 12.0 Å². The molecule has 0 aliphatic rings. The fourth-order valence-electron chi connectivity index (χ4n) is 2.59. The van der Waals surface area contributed by atoms with Crippen LogP contribution < -0.4 is 5.32 Å². The second-order valence-corrected chi connectivity index (χ2v) is 6.73. The first-order valence-corrected chi connectivity index (χ1v) is 8.86. The van der Waals surface area contributed by atoms with Crippen LogP contribution in [0.4, 0.5) is 5.82 Å². The topological polar surface area (TPSA) is 70.9 Å². The second kappa shape index (κ2) is 7.81. The predicted octanol–water partition coefficient (Wildman–Crippen LogP) is 4.07. The van der Waals surface area contributed by atoms with E-state index in [1.807, 2.05) is 37.3 Å². The van der Waals surface area contributed by atoms with E-state index in [9.17, 15) is 5.11 Å². The summed E-state index contributed by atoms with van der Waals surface area (Å²) in [6.07, 6.45) is 4.22. The lowest BCUT2D eigenvalue weighted by Crippen LogP contribution is -2.31. The highest BCUT2D eigenvalue weighted by molar-refractivity contribution is 6.30. The van der Waals surface area contributed by atoms with E-state index in [4.69, 9.17) is 11.6 Å². The van der Waals surface area contributed by atoms with E-state index in [0.717, 1.165) is 23.2 Å². The lowest BCUT2D eigenvalue weighted by molar-refractivity contribution is 0.0714. The summed E-state index contributed by atoms with van der Waals surface area (Å²) < 4.78 is 0. The molecule has 0 aliphatic heterocycles. The zero-order chi connectivity index (χ0) is 18.6. The molecule has 2 aromatic heterocycles. The van der Waals surface area contributed by atoms with Gasteiger partial charge in [0, 0.05) is 41.3 Å². The fourth-order valence-corrected chi connectivity index (χ4v) is 2.78. The molecule has 0 spiro atoms. The molecule has 2 heterocycles. The summed E-state index contributed by atoms with van der Waals surface area (Å²) in [7, 11) is 0. The molecule has 0 saturated carbocycles. The largest absolute Gasteiger partial charge is 0.384 e. The molecule has 0 saturated heterocycles. The van der Waals surface area contributed by atoms with Gasteiger partial charge in [0.05, 0.1) is 0 Å². The van der Waals surface area contributed by atoms with Crippen LogP contribution in [0.1, 0.15) is 25.1 Å². The molecule has 0 bridgehead atoms. The number of hydrogen-bond donors (Lipinski definition) is 2. The number of aromatic nitrogens is 3. The Balaban J connectivity index is 1.83. The zero-order valence-corrected chi connectivity index (χ0v) is 15.5. The van der Waals surface area contributed by atoms with Gasteiger partial charge in [0.15, 0.2) is 5.82 Å². The standard InChI is InChI=1S/C20H21ClN4O/c1-3-17-12-18(25-19(24-17)14-7-9-22-10-8-14)23-13-20(2,26)15-5-4-6-16(21)11-15/h4-12,26H,3,13H2,1-2H3,(H,23,24,25). The molecule has 0 aliphatic carbocycles. The van der Waals surface area contributed by atoms with Crippen molar-refractivity contribution in [3.63, 3.8) is 0 Å². The van der Waals surface area contributed by atoms with Gasteiger partial charge in [0.25, 0.3) is 0 Å². The molecule has 3 aromatic rings. The number of aliphatic hydroxyl groups is 1. The summed E-state index contributed by atoms with van der Waals surface area (Å²) in [6, 6.07) is 12.9. The van der Waals surface area contributed by atoms with Crippen molar-refractivity contribution in [3.05, 3.63) is 71.1 Å². The third-order valence-corrected chi connectivity index (χ3v) is 4.38. The van der Waals surface area contributed by atoms with Gasteiger partial charge in [-0.2, -0.15) is 0 Å². The minimum atomic E-state index is -1.08. The number of hydrogen-bond acceptors (Lipinski definition) is 5. The molecule has 134 valence electrons. The molecular formula is C20H21ClN4O. The quantitative estimate of drug-likeness (QED) is 0.686. The minimum absolute atomic E-state index is 0.295. The number of anilines is 1. The van der Waals surface area contributed by atoms with E-state index in [2.05, 4.69) is 20.3 Å². The minimum Gasteiger partial charge on any atom is -0.384 e. The first kappa shape index (κ1) is 18.3. The van der Waals surface area contributed by atoms with Gasteiger partial charge in [-0.3, -0.25) is 4.98 Å². The Morgan fingerprint density at radius 3 is 2.58 bits per heavy atom. The zero-order valence-electron chi connectivity index (χ0n) is 14.8. The van der Waals surface area contributed by atoms with Crippen LogP contribution in [0.3, 0.4) is 0 Å². The molecular weight excluding hydrogens is 348 g/mol. The molecule has 1 unspecified atom stereocenters. The van der Waals surface area contributed by atoms with Crippen molar-refractivity contribution in [1.29, 1.82) is 0 Å². The molecule has 26 heavy (non-hydrogen) atoms. The van der Waals surface area contributed by atoms with Crippen LogP contribution in [0.2, 0.25) is 5.02 Å². The number of nitrogens with one attached hydrogen (secondary N) is 1. The SMILES string of the molecule is CCc1cc(NCC(C)(O)c2cccc(Cl)c2)nc(-c2ccncc2)n1. The average molecular weight is 369 g/mol. The predicted molar refractivity (Wildman–Crippen MR) is 104 cm³/mol. The van der Waals surface area contributed by atoms with Crippen molar-refractivity contribution in [3.8, 4) is 11.4 Å². The van der Waals surface area contributed by atoms with E-state index in [-0.39, 0.29) is 0 Å². The van der Waals surface area contributed by atoms with Gasteiger partial charge in [-0.05, 0) is 43.2 Å². The molecule has 2 N–H and O–H groups in total. The Labute approximate surface area is 158 Å². The summed E-state index contributed by atoms with van der Waals surface area (Å²) in [5.74, 6) is 1.31. The normalized spacial score (nSPS) is 13.2. The highest BCUT2D eigenvalue weighted by atomic mass is 35.5. The summed E-state index contributed by atoms with van der Waals surface area (Å²) in [6.45, 7) is 4.09. The highest BCUT2D eigenvalue weighted by Gasteiger charge is 2.23. The van der Waals surface area contributed by atoms with E-state index in [1.54, 1.807) is 31.5 Å². The molecule has 1 aromatic carbocycles. The lowest BCUT2D eigenvalue weighted by atomic mass is 9.96. The molecule has 0 fully saturated rings. The van der Waals surface area contributed by atoms with E-state index in [1.165, 1.54) is 0 Å². The molecule has 0 radical (unpaired) electrons. The van der Waals surface area contributed by atoms with Gasteiger partial charge in [-0.25, -0.2) is 9.97 Å². The van der Waals surface area contributed by atoms with Crippen LogP contribution >= 0.6 is 11.6 Å². The third kappa shape index (κ3) is 4.36. The van der Waals surface area contributed by atoms with Gasteiger partial charge in [-0.1, -0.05) is 30.7 Å². The van der Waals surface area contributed by atoms with Crippen molar-refractivity contribution in [2.24, 2.45) is 0 Å². The van der Waals surface area contributed by atoms with Gasteiger partial charge >= 0.3 is 0 Å². The fraction of sp³-hybridized carbons (Fsp3) is 0.250. The Kier molecular flexibility index (Phi) is 5.49. The van der Waals surface area contributed by atoms with Crippen molar-refractivity contribution >= 4 is 17.4 Å². The van der Waals surface area contributed by atoms with E-state index >= 15 is 0 Å². The van der Waals surface area contributed by atoms with Crippen molar-refractivity contribution in [2.75, 3.05) is 11.9 Å². The van der Waals surface area contributed by atoms with Gasteiger partial charge in [0.1, 0.15) is 11.4 Å². The van der Waals surface area contributed by atoms with Crippen LogP contribution in [0.15, 0.2) is 54.9 Å².